The molecular formula is C26H35N3O5. The fourth-order valence-electron chi connectivity index (χ4n) is 5.96. The van der Waals surface area contributed by atoms with Gasteiger partial charge in [0.2, 0.25) is 11.8 Å². The number of ether oxygens (including phenoxy) is 2. The van der Waals surface area contributed by atoms with E-state index in [1.807, 2.05) is 25.3 Å². The van der Waals surface area contributed by atoms with Gasteiger partial charge in [0.05, 0.1) is 5.60 Å². The van der Waals surface area contributed by atoms with Gasteiger partial charge in [-0.3, -0.25) is 24.6 Å². The SMILES string of the molecule is COC1(C)CCN([C@@H]2CCCC[C@@H]2Oc2ccc3c(c2)CN(C2CCC(=O)NC2=O)C3=O)CC1. The van der Waals surface area contributed by atoms with Crippen LogP contribution < -0.4 is 10.1 Å². The molecule has 0 aromatic heterocycles. The van der Waals surface area contributed by atoms with Crippen LogP contribution in [0.4, 0.5) is 0 Å². The summed E-state index contributed by atoms with van der Waals surface area (Å²) >= 11 is 0. The van der Waals surface area contributed by atoms with Crippen molar-refractivity contribution in [3.8, 4) is 5.75 Å². The van der Waals surface area contributed by atoms with Crippen LogP contribution in [0.15, 0.2) is 18.2 Å². The van der Waals surface area contributed by atoms with E-state index >= 15 is 0 Å². The molecule has 1 saturated carbocycles. The first-order valence-electron chi connectivity index (χ1n) is 12.6. The van der Waals surface area contributed by atoms with Crippen LogP contribution in [-0.2, 0) is 20.9 Å². The maximum Gasteiger partial charge on any atom is 0.255 e. The quantitative estimate of drug-likeness (QED) is 0.667. The van der Waals surface area contributed by atoms with Crippen LogP contribution in [0.2, 0.25) is 0 Å². The second-order valence-electron chi connectivity index (χ2n) is 10.4. The summed E-state index contributed by atoms with van der Waals surface area (Å²) in [5.41, 5.74) is 1.48. The number of rotatable bonds is 5. The van der Waals surface area contributed by atoms with Crippen molar-refractivity contribution >= 4 is 17.7 Å². The third-order valence-electron chi connectivity index (χ3n) is 8.27. The Morgan fingerprint density at radius 1 is 1.06 bits per heavy atom. The molecule has 3 fully saturated rings. The summed E-state index contributed by atoms with van der Waals surface area (Å²) in [4.78, 5) is 40.9. The number of nitrogens with zero attached hydrogens (tertiary/aromatic N) is 2. The smallest absolute Gasteiger partial charge is 0.255 e. The van der Waals surface area contributed by atoms with E-state index in [4.69, 9.17) is 9.47 Å². The molecule has 3 heterocycles. The monoisotopic (exact) mass is 469 g/mol. The molecular weight excluding hydrogens is 434 g/mol. The van der Waals surface area contributed by atoms with Crippen LogP contribution in [0.1, 0.15) is 74.2 Å². The first-order valence-corrected chi connectivity index (χ1v) is 12.6. The number of carbonyl (C=O) groups excluding carboxylic acids is 3. The Bertz CT molecular complexity index is 971. The second kappa shape index (κ2) is 9.30. The zero-order chi connectivity index (χ0) is 23.9. The number of hydrogen-bond donors (Lipinski definition) is 1. The van der Waals surface area contributed by atoms with Crippen molar-refractivity contribution in [2.45, 2.75) is 88.6 Å². The molecule has 1 unspecified atom stereocenters. The summed E-state index contributed by atoms with van der Waals surface area (Å²) in [5, 5.41) is 2.35. The first-order chi connectivity index (χ1) is 16.4. The Hall–Kier alpha value is -2.45. The molecule has 1 aliphatic carbocycles. The number of methoxy groups -OCH3 is 1. The van der Waals surface area contributed by atoms with Crippen LogP contribution in [0, 0.1) is 0 Å². The minimum atomic E-state index is -0.596. The number of imide groups is 1. The van der Waals surface area contributed by atoms with Crippen molar-refractivity contribution in [1.29, 1.82) is 0 Å². The lowest BCUT2D eigenvalue weighted by atomic mass is 9.87. The molecule has 0 spiro atoms. The molecule has 2 saturated heterocycles. The zero-order valence-electron chi connectivity index (χ0n) is 20.2. The lowest BCUT2D eigenvalue weighted by Crippen LogP contribution is -2.53. The number of amides is 3. The Balaban J connectivity index is 1.27. The molecule has 3 atom stereocenters. The highest BCUT2D eigenvalue weighted by Gasteiger charge is 2.40. The fraction of sp³-hybridized carbons (Fsp3) is 0.654. The molecule has 1 aromatic rings. The minimum Gasteiger partial charge on any atom is -0.489 e. The van der Waals surface area contributed by atoms with E-state index in [-0.39, 0.29) is 35.8 Å². The molecule has 8 nitrogen and oxygen atoms in total. The normalized spacial score (nSPS) is 29.6. The predicted octanol–water partition coefficient (Wildman–Crippen LogP) is 2.64. The summed E-state index contributed by atoms with van der Waals surface area (Å²) in [6, 6.07) is 5.46. The van der Waals surface area contributed by atoms with Crippen LogP contribution in [-0.4, -0.2) is 71.5 Å². The van der Waals surface area contributed by atoms with E-state index in [1.54, 1.807) is 4.90 Å². The summed E-state index contributed by atoms with van der Waals surface area (Å²) in [6.45, 7) is 4.61. The maximum atomic E-state index is 13.0. The van der Waals surface area contributed by atoms with Crippen LogP contribution in [0.3, 0.4) is 0 Å². The number of hydrogen-bond acceptors (Lipinski definition) is 6. The van der Waals surface area contributed by atoms with Gasteiger partial charge in [0, 0.05) is 44.8 Å². The number of carbonyl (C=O) groups is 3. The molecule has 8 heteroatoms. The van der Waals surface area contributed by atoms with Gasteiger partial charge in [0.1, 0.15) is 17.9 Å². The molecule has 0 radical (unpaired) electrons. The van der Waals surface area contributed by atoms with Crippen molar-refractivity contribution in [2.75, 3.05) is 20.2 Å². The molecule has 184 valence electrons. The Morgan fingerprint density at radius 3 is 2.56 bits per heavy atom. The van der Waals surface area contributed by atoms with Gasteiger partial charge in [-0.15, -0.1) is 0 Å². The first kappa shape index (κ1) is 23.3. The van der Waals surface area contributed by atoms with Crippen LogP contribution >= 0.6 is 0 Å². The summed E-state index contributed by atoms with van der Waals surface area (Å²) in [7, 11) is 1.81. The van der Waals surface area contributed by atoms with Gasteiger partial charge in [0.25, 0.3) is 5.91 Å². The number of piperidine rings is 2. The lowest BCUT2D eigenvalue weighted by molar-refractivity contribution is -0.136. The third kappa shape index (κ3) is 4.45. The van der Waals surface area contributed by atoms with Gasteiger partial charge in [-0.05, 0) is 69.2 Å². The van der Waals surface area contributed by atoms with Gasteiger partial charge < -0.3 is 14.4 Å². The minimum absolute atomic E-state index is 0.0254. The van der Waals surface area contributed by atoms with E-state index < -0.39 is 6.04 Å². The third-order valence-corrected chi connectivity index (χ3v) is 8.27. The van der Waals surface area contributed by atoms with Crippen molar-refractivity contribution < 1.29 is 23.9 Å². The number of nitrogens with one attached hydrogen (secondary N) is 1. The molecule has 3 amide bonds. The van der Waals surface area contributed by atoms with E-state index in [0.717, 1.165) is 56.5 Å². The second-order valence-corrected chi connectivity index (χ2v) is 10.4. The highest BCUT2D eigenvalue weighted by molar-refractivity contribution is 6.05. The zero-order valence-corrected chi connectivity index (χ0v) is 20.2. The van der Waals surface area contributed by atoms with E-state index in [1.165, 1.54) is 6.42 Å². The number of likely N-dealkylation sites (tertiary alicyclic amines) is 1. The summed E-state index contributed by atoms with van der Waals surface area (Å²) < 4.78 is 12.3. The molecule has 1 aromatic carbocycles. The molecule has 4 aliphatic rings. The Kier molecular flexibility index (Phi) is 6.37. The van der Waals surface area contributed by atoms with Crippen LogP contribution in [0.5, 0.6) is 5.75 Å². The highest BCUT2D eigenvalue weighted by atomic mass is 16.5. The maximum absolute atomic E-state index is 13.0. The number of benzene rings is 1. The van der Waals surface area contributed by atoms with Crippen molar-refractivity contribution in [1.82, 2.24) is 15.1 Å². The Morgan fingerprint density at radius 2 is 1.82 bits per heavy atom. The van der Waals surface area contributed by atoms with E-state index in [0.29, 0.717) is 24.6 Å². The van der Waals surface area contributed by atoms with E-state index in [2.05, 4.69) is 17.1 Å². The molecule has 5 rings (SSSR count). The van der Waals surface area contributed by atoms with Crippen LogP contribution in [0.25, 0.3) is 0 Å². The topological polar surface area (TPSA) is 88.2 Å². The average molecular weight is 470 g/mol. The summed E-state index contributed by atoms with van der Waals surface area (Å²) in [6.07, 6.45) is 7.38. The standard InChI is InChI=1S/C26H35N3O5/c1-26(33-2)11-13-28(14-12-26)20-5-3-4-6-22(20)34-18-7-8-19-17(15-18)16-29(25(19)32)21-9-10-23(30)27-24(21)31/h7-8,15,20-22H,3-6,9-14,16H2,1-2H3,(H,27,30,31)/t20-,21?,22+/m1/s1. The lowest BCUT2D eigenvalue weighted by Gasteiger charge is -2.45. The van der Waals surface area contributed by atoms with Crippen molar-refractivity contribution in [3.05, 3.63) is 29.3 Å². The summed E-state index contributed by atoms with van der Waals surface area (Å²) in [5.74, 6) is -0.0258. The molecule has 1 N–H and O–H groups in total. The fourth-order valence-corrected chi connectivity index (χ4v) is 5.96. The molecule has 34 heavy (non-hydrogen) atoms. The number of fused-ring (bicyclic) bond motifs is 1. The predicted molar refractivity (Wildman–Crippen MR) is 125 cm³/mol. The highest BCUT2D eigenvalue weighted by Crippen LogP contribution is 2.34. The van der Waals surface area contributed by atoms with Gasteiger partial charge >= 0.3 is 0 Å². The van der Waals surface area contributed by atoms with Gasteiger partial charge in [-0.1, -0.05) is 6.42 Å². The van der Waals surface area contributed by atoms with Crippen molar-refractivity contribution in [3.63, 3.8) is 0 Å². The van der Waals surface area contributed by atoms with Crippen molar-refractivity contribution in [2.24, 2.45) is 0 Å². The Labute approximate surface area is 200 Å². The van der Waals surface area contributed by atoms with Gasteiger partial charge in [0.15, 0.2) is 0 Å². The van der Waals surface area contributed by atoms with Gasteiger partial charge in [-0.2, -0.15) is 0 Å². The molecule has 0 bridgehead atoms. The van der Waals surface area contributed by atoms with E-state index in [9.17, 15) is 14.4 Å². The average Bonchev–Trinajstić information content (AvgIpc) is 3.15. The molecule has 3 aliphatic heterocycles. The largest absolute Gasteiger partial charge is 0.489 e. The van der Waals surface area contributed by atoms with Gasteiger partial charge in [-0.25, -0.2) is 0 Å².